The molecule has 1 aromatic carbocycles. The Labute approximate surface area is 107 Å². The lowest BCUT2D eigenvalue weighted by atomic mass is 9.96. The lowest BCUT2D eigenvalue weighted by molar-refractivity contribution is -0.0334. The minimum Gasteiger partial charge on any atom is -0.280 e. The fourth-order valence-corrected chi connectivity index (χ4v) is 3.44. The van der Waals surface area contributed by atoms with Crippen molar-refractivity contribution in [3.8, 4) is 0 Å². The van der Waals surface area contributed by atoms with Crippen molar-refractivity contribution < 1.29 is 13.2 Å². The van der Waals surface area contributed by atoms with Crippen LogP contribution in [0.3, 0.4) is 0 Å². The highest BCUT2D eigenvalue weighted by molar-refractivity contribution is 7.98. The summed E-state index contributed by atoms with van der Waals surface area (Å²) in [6.45, 7) is 0. The highest BCUT2D eigenvalue weighted by Crippen LogP contribution is 2.40. The zero-order valence-corrected chi connectivity index (χ0v) is 10.4. The summed E-state index contributed by atoms with van der Waals surface area (Å²) in [5, 5.41) is 0.976. The molecule has 2 aromatic rings. The van der Waals surface area contributed by atoms with Crippen molar-refractivity contribution in [1.82, 2.24) is 3.97 Å². The number of aromatic nitrogens is 1. The number of fused-ring (bicyclic) bond motifs is 3. The van der Waals surface area contributed by atoms with Crippen molar-refractivity contribution in [3.05, 3.63) is 35.5 Å². The monoisotopic (exact) mass is 271 g/mol. The van der Waals surface area contributed by atoms with E-state index in [2.05, 4.69) is 0 Å². The van der Waals surface area contributed by atoms with Gasteiger partial charge in [0, 0.05) is 11.1 Å². The van der Waals surface area contributed by atoms with E-state index in [1.165, 1.54) is 3.97 Å². The Hall–Kier alpha value is -1.10. The van der Waals surface area contributed by atoms with E-state index >= 15 is 0 Å². The van der Waals surface area contributed by atoms with Gasteiger partial charge in [0.1, 0.15) is 0 Å². The SMILES string of the molecule is FC(F)(F)Sn1c2c(c3ccccc31)CCCC2. The molecule has 0 aliphatic heterocycles. The topological polar surface area (TPSA) is 4.93 Å². The van der Waals surface area contributed by atoms with E-state index in [1.54, 1.807) is 12.1 Å². The molecule has 0 bridgehead atoms. The summed E-state index contributed by atoms with van der Waals surface area (Å²) in [6, 6.07) is 7.38. The second-order valence-corrected chi connectivity index (χ2v) is 5.49. The van der Waals surface area contributed by atoms with Gasteiger partial charge in [0.05, 0.1) is 17.5 Å². The predicted octanol–water partition coefficient (Wildman–Crippen LogP) is 4.54. The molecular formula is C13H12F3NS. The van der Waals surface area contributed by atoms with Gasteiger partial charge in [-0.3, -0.25) is 3.97 Å². The lowest BCUT2D eigenvalue weighted by Gasteiger charge is -2.15. The number of nitrogens with zero attached hydrogens (tertiary/aromatic N) is 1. The number of rotatable bonds is 1. The summed E-state index contributed by atoms with van der Waals surface area (Å²) < 4.78 is 39.4. The van der Waals surface area contributed by atoms with E-state index in [0.717, 1.165) is 42.3 Å². The second-order valence-electron chi connectivity index (χ2n) is 4.48. The maximum absolute atomic E-state index is 12.7. The molecule has 1 aliphatic rings. The first-order valence-electron chi connectivity index (χ1n) is 5.94. The molecule has 0 radical (unpaired) electrons. The van der Waals surface area contributed by atoms with Gasteiger partial charge in [0.2, 0.25) is 0 Å². The Bertz CT molecular complexity index is 586. The smallest absolute Gasteiger partial charge is 0.280 e. The molecule has 5 heteroatoms. The third-order valence-corrected chi connectivity index (χ3v) is 4.13. The Kier molecular flexibility index (Phi) is 2.81. The normalized spacial score (nSPS) is 15.9. The second kappa shape index (κ2) is 4.23. The van der Waals surface area contributed by atoms with Gasteiger partial charge in [-0.15, -0.1) is 0 Å². The van der Waals surface area contributed by atoms with Crippen molar-refractivity contribution in [2.24, 2.45) is 0 Å². The number of alkyl halides is 3. The average molecular weight is 271 g/mol. The lowest BCUT2D eigenvalue weighted by Crippen LogP contribution is -2.10. The van der Waals surface area contributed by atoms with Gasteiger partial charge >= 0.3 is 5.51 Å². The molecule has 18 heavy (non-hydrogen) atoms. The first kappa shape index (κ1) is 12.0. The molecule has 1 nitrogen and oxygen atoms in total. The maximum atomic E-state index is 12.7. The van der Waals surface area contributed by atoms with E-state index in [-0.39, 0.29) is 11.9 Å². The summed E-state index contributed by atoms with van der Waals surface area (Å²) in [5.41, 5.74) is -1.60. The summed E-state index contributed by atoms with van der Waals surface area (Å²) in [6.07, 6.45) is 3.67. The van der Waals surface area contributed by atoms with Crippen LogP contribution in [0, 0.1) is 0 Å². The van der Waals surface area contributed by atoms with Crippen LogP contribution in [0.4, 0.5) is 13.2 Å². The maximum Gasteiger partial charge on any atom is 0.462 e. The fraction of sp³-hybridized carbons (Fsp3) is 0.385. The van der Waals surface area contributed by atoms with E-state index < -0.39 is 5.51 Å². The third kappa shape index (κ3) is 2.00. The zero-order chi connectivity index (χ0) is 12.8. The first-order chi connectivity index (χ1) is 8.56. The van der Waals surface area contributed by atoms with Crippen molar-refractivity contribution in [2.45, 2.75) is 31.2 Å². The molecule has 96 valence electrons. The van der Waals surface area contributed by atoms with Crippen LogP contribution in [0.5, 0.6) is 0 Å². The largest absolute Gasteiger partial charge is 0.462 e. The van der Waals surface area contributed by atoms with Crippen LogP contribution < -0.4 is 0 Å². The quantitative estimate of drug-likeness (QED) is 0.737. The van der Waals surface area contributed by atoms with Crippen molar-refractivity contribution in [2.75, 3.05) is 0 Å². The number of hydrogen-bond donors (Lipinski definition) is 0. The van der Waals surface area contributed by atoms with Crippen LogP contribution in [0.2, 0.25) is 0 Å². The number of aryl methyl sites for hydroxylation is 1. The van der Waals surface area contributed by atoms with Gasteiger partial charge in [-0.1, -0.05) is 18.2 Å². The molecule has 1 aromatic heterocycles. The summed E-state index contributed by atoms with van der Waals surface area (Å²) in [5.74, 6) is 0. The minimum atomic E-state index is -4.24. The van der Waals surface area contributed by atoms with Gasteiger partial charge < -0.3 is 0 Å². The van der Waals surface area contributed by atoms with Crippen LogP contribution in [0.15, 0.2) is 24.3 Å². The highest BCUT2D eigenvalue weighted by Gasteiger charge is 2.33. The molecule has 0 saturated carbocycles. The number of hydrogen-bond acceptors (Lipinski definition) is 1. The Morgan fingerprint density at radius 1 is 1.06 bits per heavy atom. The molecule has 0 fully saturated rings. The van der Waals surface area contributed by atoms with Crippen molar-refractivity contribution >= 4 is 22.9 Å². The fourth-order valence-electron chi connectivity index (χ4n) is 2.66. The highest BCUT2D eigenvalue weighted by atomic mass is 32.2. The van der Waals surface area contributed by atoms with E-state index in [4.69, 9.17) is 0 Å². The van der Waals surface area contributed by atoms with Gasteiger partial charge in [-0.05, 0) is 37.3 Å². The molecule has 3 rings (SSSR count). The standard InChI is InChI=1S/C13H12F3NS/c14-13(15,16)18-17-11-7-3-1-5-9(11)10-6-2-4-8-12(10)17/h1,3,5,7H,2,4,6,8H2. The number of halogens is 3. The molecular weight excluding hydrogens is 259 g/mol. The average Bonchev–Trinajstić information content (AvgIpc) is 2.64. The number of para-hydroxylation sites is 1. The van der Waals surface area contributed by atoms with Crippen LogP contribution >= 0.6 is 11.9 Å². The number of benzene rings is 1. The Balaban J connectivity index is 2.22. The summed E-state index contributed by atoms with van der Waals surface area (Å²) in [7, 11) is 0. The van der Waals surface area contributed by atoms with Crippen LogP contribution in [-0.4, -0.2) is 9.48 Å². The predicted molar refractivity (Wildman–Crippen MR) is 67.6 cm³/mol. The van der Waals surface area contributed by atoms with E-state index in [1.807, 2.05) is 12.1 Å². The van der Waals surface area contributed by atoms with Gasteiger partial charge in [-0.2, -0.15) is 13.2 Å². The van der Waals surface area contributed by atoms with Crippen LogP contribution in [0.25, 0.3) is 10.9 Å². The van der Waals surface area contributed by atoms with E-state index in [0.29, 0.717) is 5.52 Å². The van der Waals surface area contributed by atoms with Gasteiger partial charge in [0.15, 0.2) is 0 Å². The minimum absolute atomic E-state index is 0.0318. The van der Waals surface area contributed by atoms with Gasteiger partial charge in [0.25, 0.3) is 0 Å². The molecule has 0 saturated heterocycles. The van der Waals surface area contributed by atoms with Crippen molar-refractivity contribution in [3.63, 3.8) is 0 Å². The Morgan fingerprint density at radius 3 is 2.56 bits per heavy atom. The summed E-state index contributed by atoms with van der Waals surface area (Å²) >= 11 is -0.0318. The van der Waals surface area contributed by atoms with Crippen molar-refractivity contribution in [1.29, 1.82) is 0 Å². The molecule has 0 spiro atoms. The molecule has 1 heterocycles. The molecule has 0 N–H and O–H groups in total. The third-order valence-electron chi connectivity index (χ3n) is 3.33. The Morgan fingerprint density at radius 2 is 1.78 bits per heavy atom. The molecule has 0 unspecified atom stereocenters. The van der Waals surface area contributed by atoms with Crippen LogP contribution in [0.1, 0.15) is 24.1 Å². The van der Waals surface area contributed by atoms with E-state index in [9.17, 15) is 13.2 Å². The molecule has 1 aliphatic carbocycles. The first-order valence-corrected chi connectivity index (χ1v) is 6.71. The molecule has 0 amide bonds. The summed E-state index contributed by atoms with van der Waals surface area (Å²) in [4.78, 5) is 0. The zero-order valence-electron chi connectivity index (χ0n) is 9.63. The van der Waals surface area contributed by atoms with Crippen LogP contribution in [-0.2, 0) is 12.8 Å². The molecule has 0 atom stereocenters. The van der Waals surface area contributed by atoms with Gasteiger partial charge in [-0.25, -0.2) is 0 Å².